The van der Waals surface area contributed by atoms with Crippen LogP contribution in [0.3, 0.4) is 0 Å². The van der Waals surface area contributed by atoms with E-state index in [2.05, 4.69) is 5.32 Å². The Hall–Kier alpha value is -3.55. The number of benzene rings is 2. The van der Waals surface area contributed by atoms with Gasteiger partial charge in [-0.1, -0.05) is 24.6 Å². The smallest absolute Gasteiger partial charge is 0.305 e. The van der Waals surface area contributed by atoms with Gasteiger partial charge in [-0.3, -0.25) is 14.4 Å². The number of rotatable bonds is 13. The highest BCUT2D eigenvalue weighted by Crippen LogP contribution is 2.31. The maximum Gasteiger partial charge on any atom is 0.305 e. The lowest BCUT2D eigenvalue weighted by Crippen LogP contribution is -2.30. The highest BCUT2D eigenvalue weighted by atomic mass is 16.5. The largest absolute Gasteiger partial charge is 0.496 e. The quantitative estimate of drug-likeness (QED) is 0.436. The van der Waals surface area contributed by atoms with Crippen LogP contribution in [-0.4, -0.2) is 43.6 Å². The lowest BCUT2D eigenvalue weighted by atomic mass is 10.0. The Balaban J connectivity index is 2.11. The first-order valence-electron chi connectivity index (χ1n) is 10.8. The molecule has 2 aromatic rings. The second-order valence-electron chi connectivity index (χ2n) is 7.60. The lowest BCUT2D eigenvalue weighted by Gasteiger charge is -2.19. The van der Waals surface area contributed by atoms with Crippen molar-refractivity contribution < 1.29 is 33.7 Å². The Labute approximate surface area is 193 Å². The van der Waals surface area contributed by atoms with Crippen molar-refractivity contribution in [1.82, 2.24) is 5.32 Å². The predicted octanol–water partition coefficient (Wildman–Crippen LogP) is 4.10. The van der Waals surface area contributed by atoms with E-state index in [1.165, 1.54) is 14.2 Å². The summed E-state index contributed by atoms with van der Waals surface area (Å²) < 4.78 is 16.2. The molecular formula is C25H31NO7. The number of amides is 1. The summed E-state index contributed by atoms with van der Waals surface area (Å²) in [6.07, 6.45) is 0.402. The first-order valence-corrected chi connectivity index (χ1v) is 10.8. The van der Waals surface area contributed by atoms with Crippen LogP contribution in [0.15, 0.2) is 36.4 Å². The van der Waals surface area contributed by atoms with E-state index in [4.69, 9.17) is 14.2 Å². The summed E-state index contributed by atoms with van der Waals surface area (Å²) in [6.45, 7) is 4.37. The topological polar surface area (TPSA) is 111 Å². The van der Waals surface area contributed by atoms with Crippen molar-refractivity contribution >= 4 is 17.7 Å². The van der Waals surface area contributed by atoms with Gasteiger partial charge < -0.3 is 24.6 Å². The van der Waals surface area contributed by atoms with Crippen LogP contribution >= 0.6 is 0 Å². The van der Waals surface area contributed by atoms with Gasteiger partial charge in [0, 0.05) is 12.8 Å². The Morgan fingerprint density at radius 3 is 2.30 bits per heavy atom. The average molecular weight is 458 g/mol. The first-order chi connectivity index (χ1) is 15.8. The van der Waals surface area contributed by atoms with Crippen LogP contribution in [0.1, 0.15) is 60.1 Å². The van der Waals surface area contributed by atoms with Gasteiger partial charge in [0.15, 0.2) is 17.3 Å². The van der Waals surface area contributed by atoms with Gasteiger partial charge in [0.25, 0.3) is 0 Å². The number of methoxy groups -OCH3 is 2. The number of Topliss-reactive ketones (excluding diaryl/α,β-unsaturated/α-hetero) is 1. The molecule has 0 aliphatic heterocycles. The van der Waals surface area contributed by atoms with Crippen LogP contribution in [0.25, 0.3) is 0 Å². The highest BCUT2D eigenvalue weighted by Gasteiger charge is 2.21. The van der Waals surface area contributed by atoms with Gasteiger partial charge in [0.2, 0.25) is 5.91 Å². The second kappa shape index (κ2) is 12.5. The van der Waals surface area contributed by atoms with E-state index in [1.54, 1.807) is 30.3 Å². The highest BCUT2D eigenvalue weighted by molar-refractivity contribution is 6.00. The molecule has 0 fully saturated rings. The van der Waals surface area contributed by atoms with Crippen molar-refractivity contribution in [2.75, 3.05) is 20.8 Å². The molecule has 0 heterocycles. The summed E-state index contributed by atoms with van der Waals surface area (Å²) in [6, 6.07) is 9.54. The Kier molecular flexibility index (Phi) is 9.72. The fourth-order valence-corrected chi connectivity index (χ4v) is 3.33. The molecular weight excluding hydrogens is 426 g/mol. The summed E-state index contributed by atoms with van der Waals surface area (Å²) in [5.41, 5.74) is 1.89. The molecule has 8 heteroatoms. The summed E-state index contributed by atoms with van der Waals surface area (Å²) in [4.78, 5) is 36.6. The monoisotopic (exact) mass is 457 g/mol. The van der Waals surface area contributed by atoms with Crippen LogP contribution in [0.5, 0.6) is 17.2 Å². The minimum atomic E-state index is -1.06. The van der Waals surface area contributed by atoms with Crippen LogP contribution in [0.4, 0.5) is 0 Å². The van der Waals surface area contributed by atoms with Crippen molar-refractivity contribution in [3.05, 3.63) is 53.1 Å². The number of carboxylic acids is 1. The molecule has 178 valence electrons. The number of hydrogen-bond acceptors (Lipinski definition) is 6. The third-order valence-electron chi connectivity index (χ3n) is 5.00. The van der Waals surface area contributed by atoms with Gasteiger partial charge in [-0.05, 0) is 43.2 Å². The Bertz CT molecular complexity index is 987. The molecule has 0 saturated heterocycles. The molecule has 2 rings (SSSR count). The molecule has 0 spiro atoms. The zero-order valence-electron chi connectivity index (χ0n) is 19.5. The normalized spacial score (nSPS) is 11.4. The summed E-state index contributed by atoms with van der Waals surface area (Å²) >= 11 is 0. The van der Waals surface area contributed by atoms with Crippen molar-refractivity contribution in [2.24, 2.45) is 0 Å². The van der Waals surface area contributed by atoms with Gasteiger partial charge in [-0.25, -0.2) is 0 Å². The fraction of sp³-hybridized carbons (Fsp3) is 0.400. The maximum absolute atomic E-state index is 12.6. The molecule has 1 unspecified atom stereocenters. The Morgan fingerprint density at radius 1 is 0.970 bits per heavy atom. The number of hydrogen-bond donors (Lipinski definition) is 2. The van der Waals surface area contributed by atoms with Gasteiger partial charge in [-0.2, -0.15) is 0 Å². The minimum Gasteiger partial charge on any atom is -0.496 e. The molecule has 8 nitrogen and oxygen atoms in total. The van der Waals surface area contributed by atoms with Gasteiger partial charge in [-0.15, -0.1) is 0 Å². The number of carboxylic acid groups (broad SMARTS) is 1. The molecule has 33 heavy (non-hydrogen) atoms. The molecule has 0 aliphatic rings. The summed E-state index contributed by atoms with van der Waals surface area (Å²) in [7, 11) is 2.98. The Morgan fingerprint density at radius 2 is 1.67 bits per heavy atom. The van der Waals surface area contributed by atoms with Crippen molar-refractivity contribution in [1.29, 1.82) is 0 Å². The first kappa shape index (κ1) is 25.7. The number of ketones is 1. The minimum absolute atomic E-state index is 0.0292. The molecule has 0 radical (unpaired) electrons. The van der Waals surface area contributed by atoms with Gasteiger partial charge >= 0.3 is 5.97 Å². The molecule has 0 bridgehead atoms. The standard InChI is InChI=1S/C25H31NO7/c1-5-12-33-22-10-7-17(14-23(22)32-4)19(15-25(29)30)26-24(28)11-8-20(27)18-13-16(2)6-9-21(18)31-3/h6-7,9-10,13-14,19H,5,8,11-12,15H2,1-4H3,(H,26,28)(H,29,30). The van der Waals surface area contributed by atoms with Crippen LogP contribution in [-0.2, 0) is 9.59 Å². The van der Waals surface area contributed by atoms with E-state index in [0.717, 1.165) is 12.0 Å². The number of nitrogens with one attached hydrogen (secondary N) is 1. The van der Waals surface area contributed by atoms with Crippen molar-refractivity contribution in [3.63, 3.8) is 0 Å². The molecule has 1 atom stereocenters. The number of aryl methyl sites for hydroxylation is 1. The molecule has 1 amide bonds. The molecule has 0 aromatic heterocycles. The summed E-state index contributed by atoms with van der Waals surface area (Å²) in [5.74, 6) is -0.266. The lowest BCUT2D eigenvalue weighted by molar-refractivity contribution is -0.137. The molecule has 2 aromatic carbocycles. The zero-order valence-corrected chi connectivity index (χ0v) is 19.5. The van der Waals surface area contributed by atoms with Crippen molar-refractivity contribution in [2.45, 2.75) is 45.6 Å². The zero-order chi connectivity index (χ0) is 24.4. The third-order valence-corrected chi connectivity index (χ3v) is 5.00. The number of ether oxygens (including phenoxy) is 3. The molecule has 0 aliphatic carbocycles. The number of carbonyl (C=O) groups excluding carboxylic acids is 2. The van der Waals surface area contributed by atoms with Crippen LogP contribution in [0.2, 0.25) is 0 Å². The van der Waals surface area contributed by atoms with E-state index >= 15 is 0 Å². The van der Waals surface area contributed by atoms with Crippen molar-refractivity contribution in [3.8, 4) is 17.2 Å². The van der Waals surface area contributed by atoms with Crippen LogP contribution in [0, 0.1) is 6.92 Å². The SMILES string of the molecule is CCCOc1ccc(C(CC(=O)O)NC(=O)CCC(=O)c2cc(C)ccc2OC)cc1OC. The predicted molar refractivity (Wildman–Crippen MR) is 123 cm³/mol. The fourth-order valence-electron chi connectivity index (χ4n) is 3.33. The third kappa shape index (κ3) is 7.52. The summed E-state index contributed by atoms with van der Waals surface area (Å²) in [5, 5.41) is 12.1. The van der Waals surface area contributed by atoms with E-state index in [-0.39, 0.29) is 25.0 Å². The second-order valence-corrected chi connectivity index (χ2v) is 7.60. The maximum atomic E-state index is 12.6. The number of aliphatic carboxylic acids is 1. The molecule has 0 saturated carbocycles. The van der Waals surface area contributed by atoms with Gasteiger partial charge in [0.1, 0.15) is 5.75 Å². The van der Waals surface area contributed by atoms with Crippen LogP contribution < -0.4 is 19.5 Å². The van der Waals surface area contributed by atoms with E-state index in [9.17, 15) is 19.5 Å². The molecule has 2 N–H and O–H groups in total. The van der Waals surface area contributed by atoms with E-state index < -0.39 is 17.9 Å². The van der Waals surface area contributed by atoms with E-state index in [1.807, 2.05) is 19.9 Å². The number of carbonyl (C=O) groups is 3. The average Bonchev–Trinajstić information content (AvgIpc) is 2.80. The van der Waals surface area contributed by atoms with E-state index in [0.29, 0.717) is 35.0 Å². The van der Waals surface area contributed by atoms with Gasteiger partial charge in [0.05, 0.1) is 38.9 Å².